The average molecular weight is 372 g/mol. The van der Waals surface area contributed by atoms with E-state index in [9.17, 15) is 26.3 Å². The van der Waals surface area contributed by atoms with Gasteiger partial charge in [-0.3, -0.25) is 0 Å². The second-order valence-corrected chi connectivity index (χ2v) is 6.65. The van der Waals surface area contributed by atoms with Gasteiger partial charge in [-0.25, -0.2) is 0 Å². The van der Waals surface area contributed by atoms with Gasteiger partial charge in [0.25, 0.3) is 0 Å². The highest BCUT2D eigenvalue weighted by atomic mass is 19.4. The van der Waals surface area contributed by atoms with Crippen molar-refractivity contribution in [3.05, 3.63) is 58.7 Å². The number of alkyl halides is 6. The van der Waals surface area contributed by atoms with Crippen LogP contribution < -0.4 is 0 Å². The Morgan fingerprint density at radius 3 is 1.62 bits per heavy atom. The zero-order chi connectivity index (χ0) is 18.7. The number of fused-ring (bicyclic) bond motifs is 5. The minimum atomic E-state index is -4.53. The van der Waals surface area contributed by atoms with Crippen LogP contribution in [0.5, 0.6) is 0 Å². The van der Waals surface area contributed by atoms with Crippen LogP contribution in [0.4, 0.5) is 26.3 Å². The predicted octanol–water partition coefficient (Wildman–Crippen LogP) is 6.15. The minimum absolute atomic E-state index is 0.297. The molecule has 1 saturated heterocycles. The Hall–Kier alpha value is -2.02. The first kappa shape index (κ1) is 17.4. The molecule has 7 heteroatoms. The highest BCUT2D eigenvalue weighted by molar-refractivity contribution is 5.81. The second-order valence-electron chi connectivity index (χ2n) is 6.65. The van der Waals surface area contributed by atoms with Crippen LogP contribution in [0.3, 0.4) is 0 Å². The summed E-state index contributed by atoms with van der Waals surface area (Å²) in [7, 11) is 0. The molecule has 0 atom stereocenters. The molecule has 0 unspecified atom stereocenters. The SMILES string of the molecule is FC(F)(F)c1ccc2c(c1)C1(CCCCO1)c1cc(C(F)(F)F)ccc1-2. The second kappa shape index (κ2) is 5.49. The van der Waals surface area contributed by atoms with E-state index < -0.39 is 29.1 Å². The Balaban J connectivity index is 1.96. The Kier molecular flexibility index (Phi) is 3.67. The van der Waals surface area contributed by atoms with E-state index >= 15 is 0 Å². The number of hydrogen-bond acceptors (Lipinski definition) is 1. The molecule has 1 fully saturated rings. The molecule has 0 amide bonds. The summed E-state index contributed by atoms with van der Waals surface area (Å²) in [6.45, 7) is 0.297. The van der Waals surface area contributed by atoms with E-state index in [4.69, 9.17) is 4.74 Å². The lowest BCUT2D eigenvalue weighted by Crippen LogP contribution is -2.33. The molecule has 0 saturated carbocycles. The van der Waals surface area contributed by atoms with Crippen molar-refractivity contribution in [2.45, 2.75) is 37.2 Å². The third kappa shape index (κ3) is 2.52. The normalized spacial score (nSPS) is 18.7. The monoisotopic (exact) mass is 372 g/mol. The van der Waals surface area contributed by atoms with E-state index in [2.05, 4.69) is 0 Å². The molecule has 0 bridgehead atoms. The highest BCUT2D eigenvalue weighted by Gasteiger charge is 2.47. The van der Waals surface area contributed by atoms with E-state index in [0.29, 0.717) is 41.7 Å². The summed E-state index contributed by atoms with van der Waals surface area (Å²) in [4.78, 5) is 0. The maximum Gasteiger partial charge on any atom is 0.416 e. The number of benzene rings is 2. The molecule has 26 heavy (non-hydrogen) atoms. The van der Waals surface area contributed by atoms with E-state index in [0.717, 1.165) is 30.7 Å². The van der Waals surface area contributed by atoms with Gasteiger partial charge in [0.2, 0.25) is 0 Å². The molecular weight excluding hydrogens is 358 g/mol. The first-order valence-electron chi connectivity index (χ1n) is 8.21. The van der Waals surface area contributed by atoms with Crippen molar-refractivity contribution in [2.75, 3.05) is 6.61 Å². The number of ether oxygens (including phenoxy) is 1. The molecule has 138 valence electrons. The molecule has 1 nitrogen and oxygen atoms in total. The molecule has 1 spiro atoms. The molecule has 0 aromatic heterocycles. The van der Waals surface area contributed by atoms with E-state index in [1.54, 1.807) is 0 Å². The van der Waals surface area contributed by atoms with Gasteiger partial charge in [0.1, 0.15) is 5.60 Å². The largest absolute Gasteiger partial charge is 0.416 e. The molecule has 2 aromatic carbocycles. The molecule has 1 aliphatic heterocycles. The summed E-state index contributed by atoms with van der Waals surface area (Å²) in [5.74, 6) is 0. The van der Waals surface area contributed by atoms with Gasteiger partial charge in [0.05, 0.1) is 11.1 Å². The van der Waals surface area contributed by atoms with Crippen LogP contribution in [0, 0.1) is 0 Å². The summed E-state index contributed by atoms with van der Waals surface area (Å²) in [5, 5.41) is 0. The highest BCUT2D eigenvalue weighted by Crippen LogP contribution is 2.55. The van der Waals surface area contributed by atoms with Crippen molar-refractivity contribution in [1.82, 2.24) is 0 Å². The third-order valence-corrected chi connectivity index (χ3v) is 5.13. The summed E-state index contributed by atoms with van der Waals surface area (Å²) in [6, 6.07) is 6.63. The van der Waals surface area contributed by atoms with Gasteiger partial charge >= 0.3 is 12.4 Å². The Morgan fingerprint density at radius 1 is 0.731 bits per heavy atom. The van der Waals surface area contributed by atoms with Gasteiger partial charge in [-0.15, -0.1) is 0 Å². The van der Waals surface area contributed by atoms with Crippen molar-refractivity contribution in [3.8, 4) is 11.1 Å². The maximum atomic E-state index is 13.2. The zero-order valence-corrected chi connectivity index (χ0v) is 13.5. The molecular formula is C19H14F6O. The number of halogens is 6. The first-order chi connectivity index (χ1) is 12.1. The first-order valence-corrected chi connectivity index (χ1v) is 8.21. The van der Waals surface area contributed by atoms with Crippen LogP contribution in [0.1, 0.15) is 41.5 Å². The fraction of sp³-hybridized carbons (Fsp3) is 0.368. The van der Waals surface area contributed by atoms with Crippen LogP contribution >= 0.6 is 0 Å². The summed E-state index contributed by atoms with van der Waals surface area (Å²) in [5.41, 5.74) is -1.27. The quantitative estimate of drug-likeness (QED) is 0.504. The molecule has 1 heterocycles. The van der Waals surface area contributed by atoms with Gasteiger partial charge in [-0.1, -0.05) is 12.1 Å². The summed E-state index contributed by atoms with van der Waals surface area (Å²) < 4.78 is 84.9. The molecule has 4 rings (SSSR count). The molecule has 0 radical (unpaired) electrons. The van der Waals surface area contributed by atoms with Crippen LogP contribution in [0.2, 0.25) is 0 Å². The lowest BCUT2D eigenvalue weighted by molar-refractivity contribution is -0.138. The molecule has 1 aliphatic carbocycles. The van der Waals surface area contributed by atoms with Crippen molar-refractivity contribution in [2.24, 2.45) is 0 Å². The topological polar surface area (TPSA) is 9.23 Å². The van der Waals surface area contributed by atoms with Crippen molar-refractivity contribution in [1.29, 1.82) is 0 Å². The third-order valence-electron chi connectivity index (χ3n) is 5.13. The van der Waals surface area contributed by atoms with E-state index in [-0.39, 0.29) is 0 Å². The number of rotatable bonds is 0. The van der Waals surface area contributed by atoms with E-state index in [1.807, 2.05) is 0 Å². The molecule has 2 aromatic rings. The molecule has 0 N–H and O–H groups in total. The Labute approximate surface area is 145 Å². The standard InChI is InChI=1S/C19H14F6O/c20-18(21,22)11-3-5-13-14-6-4-12(19(23,24)25)10-16(14)17(15(13)9-11)7-1-2-8-26-17/h3-6,9-10H,1-2,7-8H2. The minimum Gasteiger partial charge on any atom is -0.365 e. The lowest BCUT2D eigenvalue weighted by atomic mass is 9.83. The van der Waals surface area contributed by atoms with Crippen molar-refractivity contribution in [3.63, 3.8) is 0 Å². The van der Waals surface area contributed by atoms with Gasteiger partial charge < -0.3 is 4.74 Å². The smallest absolute Gasteiger partial charge is 0.365 e. The van der Waals surface area contributed by atoms with Crippen molar-refractivity contribution >= 4 is 0 Å². The van der Waals surface area contributed by atoms with Crippen LogP contribution in [0.25, 0.3) is 11.1 Å². The predicted molar refractivity (Wildman–Crippen MR) is 82.5 cm³/mol. The fourth-order valence-electron chi connectivity index (χ4n) is 3.94. The summed E-state index contributed by atoms with van der Waals surface area (Å²) in [6.07, 6.45) is -7.31. The average Bonchev–Trinajstić information content (AvgIpc) is 2.84. The zero-order valence-electron chi connectivity index (χ0n) is 13.5. The Morgan fingerprint density at radius 2 is 1.23 bits per heavy atom. The maximum absolute atomic E-state index is 13.2. The number of hydrogen-bond donors (Lipinski definition) is 0. The van der Waals surface area contributed by atoms with Crippen molar-refractivity contribution < 1.29 is 31.1 Å². The fourth-order valence-corrected chi connectivity index (χ4v) is 3.94. The Bertz CT molecular complexity index is 794. The van der Waals surface area contributed by atoms with Crippen LogP contribution in [-0.2, 0) is 22.7 Å². The van der Waals surface area contributed by atoms with Crippen LogP contribution in [0.15, 0.2) is 36.4 Å². The van der Waals surface area contributed by atoms with Gasteiger partial charge in [0.15, 0.2) is 0 Å². The van der Waals surface area contributed by atoms with Gasteiger partial charge in [-0.05, 0) is 65.8 Å². The van der Waals surface area contributed by atoms with Gasteiger partial charge in [0, 0.05) is 6.61 Å². The van der Waals surface area contributed by atoms with Crippen LogP contribution in [-0.4, -0.2) is 6.61 Å². The molecule has 2 aliphatic rings. The lowest BCUT2D eigenvalue weighted by Gasteiger charge is -2.36. The van der Waals surface area contributed by atoms with E-state index in [1.165, 1.54) is 12.1 Å². The summed E-state index contributed by atoms with van der Waals surface area (Å²) >= 11 is 0. The van der Waals surface area contributed by atoms with Gasteiger partial charge in [-0.2, -0.15) is 26.3 Å².